The number of carboxylic acids is 1. The Kier molecular flexibility index (Phi) is 5.50. The van der Waals surface area contributed by atoms with E-state index in [0.717, 1.165) is 12.1 Å². The zero-order chi connectivity index (χ0) is 15.5. The number of nitrogens with one attached hydrogen (secondary N) is 1. The number of benzene rings is 1. The van der Waals surface area contributed by atoms with Crippen LogP contribution in [-0.2, 0) is 16.2 Å². The quantitative estimate of drug-likeness (QED) is 0.819. The molecule has 0 fully saturated rings. The maximum absolute atomic E-state index is 13.8. The average molecular weight is 305 g/mol. The van der Waals surface area contributed by atoms with Crippen LogP contribution in [0.1, 0.15) is 32.4 Å². The summed E-state index contributed by atoms with van der Waals surface area (Å²) in [7, 11) is 0. The Bertz CT molecular complexity index is 479. The van der Waals surface area contributed by atoms with E-state index in [1.165, 1.54) is 12.1 Å². The largest absolute Gasteiger partial charge is 0.598 e. The van der Waals surface area contributed by atoms with E-state index in [0.29, 0.717) is 0 Å². The molecule has 20 heavy (non-hydrogen) atoms. The Morgan fingerprint density at radius 2 is 2.05 bits per heavy atom. The average Bonchev–Trinajstić information content (AvgIpc) is 2.33. The summed E-state index contributed by atoms with van der Waals surface area (Å²) >= 11 is -1.69. The molecule has 7 heteroatoms. The number of halogens is 2. The number of carboxylic acid groups (broad SMARTS) is 1. The molecular weight excluding hydrogens is 288 g/mol. The van der Waals surface area contributed by atoms with Gasteiger partial charge < -0.3 is 9.66 Å². The van der Waals surface area contributed by atoms with Crippen molar-refractivity contribution in [3.05, 3.63) is 35.6 Å². The fourth-order valence-corrected chi connectivity index (χ4v) is 2.27. The lowest BCUT2D eigenvalue weighted by Gasteiger charge is -2.28. The van der Waals surface area contributed by atoms with E-state index in [9.17, 15) is 18.1 Å². The van der Waals surface area contributed by atoms with Crippen molar-refractivity contribution in [1.82, 2.24) is 4.72 Å². The van der Waals surface area contributed by atoms with Crippen LogP contribution in [0.2, 0.25) is 0 Å². The zero-order valence-corrected chi connectivity index (χ0v) is 12.2. The fraction of sp³-hybridized carbons (Fsp3) is 0.462. The van der Waals surface area contributed by atoms with Crippen LogP contribution in [0.3, 0.4) is 0 Å². The van der Waals surface area contributed by atoms with Crippen molar-refractivity contribution in [3.63, 3.8) is 0 Å². The highest BCUT2D eigenvalue weighted by molar-refractivity contribution is 7.90. The Morgan fingerprint density at radius 1 is 1.45 bits per heavy atom. The van der Waals surface area contributed by atoms with Gasteiger partial charge in [0.25, 0.3) is 0 Å². The van der Waals surface area contributed by atoms with E-state index in [1.54, 1.807) is 20.8 Å². The van der Waals surface area contributed by atoms with Crippen molar-refractivity contribution >= 4 is 17.3 Å². The molecule has 0 heterocycles. The molecule has 3 atom stereocenters. The molecule has 4 nitrogen and oxygen atoms in total. The highest BCUT2D eigenvalue weighted by atomic mass is 32.2. The second-order valence-electron chi connectivity index (χ2n) is 5.27. The third-order valence-electron chi connectivity index (χ3n) is 2.53. The van der Waals surface area contributed by atoms with E-state index >= 15 is 0 Å². The summed E-state index contributed by atoms with van der Waals surface area (Å²) in [4.78, 5) is 10.8. The molecule has 0 saturated heterocycles. The SMILES string of the molecule is CC(C)(C)[S+]([O-])N[C@@H](c1cccc(F)c1)[C@H](F)C(=O)O. The van der Waals surface area contributed by atoms with Gasteiger partial charge >= 0.3 is 5.97 Å². The second kappa shape index (κ2) is 6.51. The number of carbonyl (C=O) groups is 1. The van der Waals surface area contributed by atoms with Gasteiger partial charge in [-0.2, -0.15) is 0 Å². The topological polar surface area (TPSA) is 72.4 Å². The van der Waals surface area contributed by atoms with Gasteiger partial charge in [0, 0.05) is 11.4 Å². The Hall–Kier alpha value is -1.18. The number of alkyl halides is 1. The normalized spacial score (nSPS) is 16.5. The fourth-order valence-electron chi connectivity index (χ4n) is 1.43. The minimum absolute atomic E-state index is 0.0949. The van der Waals surface area contributed by atoms with Crippen molar-refractivity contribution in [3.8, 4) is 0 Å². The van der Waals surface area contributed by atoms with Crippen molar-refractivity contribution < 1.29 is 23.2 Å². The molecule has 112 valence electrons. The Morgan fingerprint density at radius 3 is 2.50 bits per heavy atom. The Balaban J connectivity index is 3.06. The van der Waals surface area contributed by atoms with Gasteiger partial charge in [-0.3, -0.25) is 0 Å². The zero-order valence-electron chi connectivity index (χ0n) is 11.4. The first-order valence-corrected chi connectivity index (χ1v) is 7.08. The maximum Gasteiger partial charge on any atom is 0.340 e. The predicted molar refractivity (Wildman–Crippen MR) is 72.7 cm³/mol. The highest BCUT2D eigenvalue weighted by Crippen LogP contribution is 2.25. The molecule has 0 aromatic heterocycles. The van der Waals surface area contributed by atoms with Crippen LogP contribution >= 0.6 is 0 Å². The molecule has 0 bridgehead atoms. The summed E-state index contributed by atoms with van der Waals surface area (Å²) < 4.78 is 40.8. The molecule has 0 aliphatic carbocycles. The van der Waals surface area contributed by atoms with Crippen LogP contribution in [0.5, 0.6) is 0 Å². The van der Waals surface area contributed by atoms with Gasteiger partial charge in [0.1, 0.15) is 16.6 Å². The third-order valence-corrected chi connectivity index (χ3v) is 4.11. The van der Waals surface area contributed by atoms with E-state index in [4.69, 9.17) is 5.11 Å². The molecule has 1 unspecified atom stereocenters. The lowest BCUT2D eigenvalue weighted by atomic mass is 10.0. The van der Waals surface area contributed by atoms with Crippen molar-refractivity contribution in [2.75, 3.05) is 0 Å². The van der Waals surface area contributed by atoms with Crippen molar-refractivity contribution in [2.45, 2.75) is 37.7 Å². The van der Waals surface area contributed by atoms with Gasteiger partial charge in [0.2, 0.25) is 6.17 Å². The van der Waals surface area contributed by atoms with E-state index in [2.05, 4.69) is 4.72 Å². The van der Waals surface area contributed by atoms with Gasteiger partial charge in [-0.1, -0.05) is 12.1 Å². The van der Waals surface area contributed by atoms with E-state index in [1.807, 2.05) is 0 Å². The number of rotatable bonds is 5. The van der Waals surface area contributed by atoms with Gasteiger partial charge in [-0.05, 0) is 38.5 Å². The first-order valence-electron chi connectivity index (χ1n) is 5.93. The van der Waals surface area contributed by atoms with Crippen LogP contribution in [0, 0.1) is 5.82 Å². The molecule has 1 aromatic rings. The van der Waals surface area contributed by atoms with Gasteiger partial charge in [0.15, 0.2) is 0 Å². The molecule has 1 aromatic carbocycles. The van der Waals surface area contributed by atoms with E-state index in [-0.39, 0.29) is 5.56 Å². The number of aliphatic carboxylic acids is 1. The molecule has 0 aliphatic heterocycles. The molecular formula is C13H17F2NO3S. The number of hydrogen-bond donors (Lipinski definition) is 2. The molecule has 0 saturated carbocycles. The lowest BCUT2D eigenvalue weighted by Crippen LogP contribution is -2.45. The molecule has 1 rings (SSSR count). The summed E-state index contributed by atoms with van der Waals surface area (Å²) in [6.07, 6.45) is -2.33. The van der Waals surface area contributed by atoms with Crippen molar-refractivity contribution in [1.29, 1.82) is 0 Å². The minimum atomic E-state index is -2.33. The summed E-state index contributed by atoms with van der Waals surface area (Å²) in [6.45, 7) is 4.98. The van der Waals surface area contributed by atoms with Crippen LogP contribution in [0.15, 0.2) is 24.3 Å². The van der Waals surface area contributed by atoms with Gasteiger partial charge in [0.05, 0.1) is 0 Å². The number of hydrogen-bond acceptors (Lipinski definition) is 3. The molecule has 0 amide bonds. The van der Waals surface area contributed by atoms with Crippen LogP contribution in [-0.4, -0.2) is 26.5 Å². The smallest absolute Gasteiger partial charge is 0.340 e. The first-order chi connectivity index (χ1) is 9.12. The van der Waals surface area contributed by atoms with Gasteiger partial charge in [-0.15, -0.1) is 4.72 Å². The molecule has 0 aliphatic rings. The highest BCUT2D eigenvalue weighted by Gasteiger charge is 2.37. The second-order valence-corrected chi connectivity index (χ2v) is 7.27. The monoisotopic (exact) mass is 305 g/mol. The summed E-state index contributed by atoms with van der Waals surface area (Å²) in [5.74, 6) is -2.31. The molecule has 2 N–H and O–H groups in total. The van der Waals surface area contributed by atoms with Gasteiger partial charge in [-0.25, -0.2) is 13.6 Å². The minimum Gasteiger partial charge on any atom is -0.598 e. The maximum atomic E-state index is 13.8. The molecule has 0 radical (unpaired) electrons. The predicted octanol–water partition coefficient (Wildman–Crippen LogP) is 2.34. The lowest BCUT2D eigenvalue weighted by molar-refractivity contribution is -0.143. The van der Waals surface area contributed by atoms with Crippen LogP contribution in [0.25, 0.3) is 0 Å². The van der Waals surface area contributed by atoms with Crippen LogP contribution < -0.4 is 4.72 Å². The third kappa shape index (κ3) is 4.43. The standard InChI is InChI=1S/C13H17F2NO3S/c1-13(2,3)20(19)16-11(10(15)12(17)18)8-5-4-6-9(14)7-8/h4-7,10-11,16H,1-3H3,(H,17,18)/t10-,11-,20?/m0/s1. The van der Waals surface area contributed by atoms with Crippen molar-refractivity contribution in [2.24, 2.45) is 0 Å². The Labute approximate surface area is 119 Å². The van der Waals surface area contributed by atoms with E-state index < -0.39 is 40.1 Å². The summed E-state index contributed by atoms with van der Waals surface area (Å²) in [5.41, 5.74) is 0.0949. The first kappa shape index (κ1) is 16.9. The van der Waals surface area contributed by atoms with Crippen LogP contribution in [0.4, 0.5) is 8.78 Å². The summed E-state index contributed by atoms with van der Waals surface area (Å²) in [6, 6.07) is 3.52. The molecule has 0 spiro atoms. The summed E-state index contributed by atoms with van der Waals surface area (Å²) in [5, 5.41) is 8.79.